The predicted octanol–water partition coefficient (Wildman–Crippen LogP) is 2.92. The summed E-state index contributed by atoms with van der Waals surface area (Å²) in [7, 11) is 0. The fourth-order valence-electron chi connectivity index (χ4n) is 2.45. The average molecular weight is 256 g/mol. The maximum atomic E-state index is 11.5. The van der Waals surface area contributed by atoms with Crippen molar-refractivity contribution in [2.45, 2.75) is 25.8 Å². The molecule has 1 heterocycles. The average Bonchev–Trinajstić information content (AvgIpc) is 3.23. The summed E-state index contributed by atoms with van der Waals surface area (Å²) in [6, 6.07) is 9.82. The van der Waals surface area contributed by atoms with Crippen LogP contribution in [0.1, 0.15) is 30.1 Å². The molecule has 1 aromatic heterocycles. The molecule has 0 atom stereocenters. The maximum Gasteiger partial charge on any atom is 0.339 e. The van der Waals surface area contributed by atoms with Crippen molar-refractivity contribution in [3.05, 3.63) is 35.9 Å². The van der Waals surface area contributed by atoms with E-state index >= 15 is 0 Å². The van der Waals surface area contributed by atoms with Gasteiger partial charge in [-0.2, -0.15) is 0 Å². The quantitative estimate of drug-likeness (QED) is 0.913. The van der Waals surface area contributed by atoms with E-state index in [-0.39, 0.29) is 0 Å². The fraction of sp³-hybridized carbons (Fsp3) is 0.333. The largest absolute Gasteiger partial charge is 0.478 e. The lowest BCUT2D eigenvalue weighted by Crippen LogP contribution is -2.28. The third kappa shape index (κ3) is 2.14. The van der Waals surface area contributed by atoms with Gasteiger partial charge in [-0.1, -0.05) is 18.2 Å². The lowest BCUT2D eigenvalue weighted by atomic mass is 10.1. The van der Waals surface area contributed by atoms with E-state index in [9.17, 15) is 9.90 Å². The van der Waals surface area contributed by atoms with E-state index in [2.05, 4.69) is 9.88 Å². The molecule has 98 valence electrons. The van der Waals surface area contributed by atoms with Gasteiger partial charge in [-0.05, 0) is 31.9 Å². The second-order valence-electron chi connectivity index (χ2n) is 4.87. The highest BCUT2D eigenvalue weighted by Gasteiger charge is 2.31. The topological polar surface area (TPSA) is 53.4 Å². The van der Waals surface area contributed by atoms with E-state index < -0.39 is 5.97 Å². The van der Waals surface area contributed by atoms with Gasteiger partial charge in [-0.3, -0.25) is 0 Å². The van der Waals surface area contributed by atoms with Gasteiger partial charge in [-0.25, -0.2) is 9.78 Å². The molecular weight excluding hydrogens is 240 g/mol. The SMILES string of the molecule is CCN(c1nc2ccccc2cc1C(=O)O)C1CC1. The van der Waals surface area contributed by atoms with Gasteiger partial charge in [0.15, 0.2) is 0 Å². The van der Waals surface area contributed by atoms with Crippen molar-refractivity contribution in [1.29, 1.82) is 0 Å². The van der Waals surface area contributed by atoms with Crippen LogP contribution in [0.4, 0.5) is 5.82 Å². The number of carboxylic acid groups (broad SMARTS) is 1. The van der Waals surface area contributed by atoms with E-state index in [0.29, 0.717) is 17.4 Å². The van der Waals surface area contributed by atoms with Crippen LogP contribution < -0.4 is 4.90 Å². The Morgan fingerprint density at radius 2 is 2.16 bits per heavy atom. The molecule has 4 nitrogen and oxygen atoms in total. The van der Waals surface area contributed by atoms with E-state index in [4.69, 9.17) is 0 Å². The van der Waals surface area contributed by atoms with Crippen LogP contribution in [0.25, 0.3) is 10.9 Å². The molecule has 19 heavy (non-hydrogen) atoms. The van der Waals surface area contributed by atoms with E-state index in [0.717, 1.165) is 30.3 Å². The summed E-state index contributed by atoms with van der Waals surface area (Å²) in [6.07, 6.45) is 2.25. The van der Waals surface area contributed by atoms with Crippen molar-refractivity contribution < 1.29 is 9.90 Å². The van der Waals surface area contributed by atoms with Crippen molar-refractivity contribution in [2.75, 3.05) is 11.4 Å². The number of hydrogen-bond donors (Lipinski definition) is 1. The molecule has 1 aromatic carbocycles. The monoisotopic (exact) mass is 256 g/mol. The van der Waals surface area contributed by atoms with Gasteiger partial charge in [0, 0.05) is 18.0 Å². The number of aromatic nitrogens is 1. The standard InChI is InChI=1S/C15H16N2O2/c1-2-17(11-7-8-11)14-12(15(18)19)9-10-5-3-4-6-13(10)16-14/h3-6,9,11H,2,7-8H2,1H3,(H,18,19). The first kappa shape index (κ1) is 12.0. The Labute approximate surface area is 111 Å². The van der Waals surface area contributed by atoms with Gasteiger partial charge >= 0.3 is 5.97 Å². The van der Waals surface area contributed by atoms with Crippen LogP contribution in [0, 0.1) is 0 Å². The lowest BCUT2D eigenvalue weighted by Gasteiger charge is -2.23. The number of anilines is 1. The molecule has 0 aliphatic heterocycles. The van der Waals surface area contributed by atoms with Crippen LogP contribution in [-0.4, -0.2) is 28.6 Å². The molecule has 1 aliphatic rings. The number of pyridine rings is 1. The zero-order valence-electron chi connectivity index (χ0n) is 10.8. The van der Waals surface area contributed by atoms with E-state index in [1.54, 1.807) is 6.07 Å². The lowest BCUT2D eigenvalue weighted by molar-refractivity contribution is 0.0697. The fourth-order valence-corrected chi connectivity index (χ4v) is 2.45. The molecule has 0 spiro atoms. The highest BCUT2D eigenvalue weighted by molar-refractivity contribution is 5.98. The number of hydrogen-bond acceptors (Lipinski definition) is 3. The first-order valence-corrected chi connectivity index (χ1v) is 6.60. The van der Waals surface area contributed by atoms with Crippen LogP contribution in [-0.2, 0) is 0 Å². The molecule has 0 amide bonds. The van der Waals surface area contributed by atoms with Gasteiger partial charge in [0.05, 0.1) is 5.52 Å². The molecule has 0 saturated heterocycles. The highest BCUT2D eigenvalue weighted by atomic mass is 16.4. The second kappa shape index (κ2) is 4.53. The third-order valence-electron chi connectivity index (χ3n) is 3.53. The molecule has 1 aliphatic carbocycles. The van der Waals surface area contributed by atoms with Gasteiger partial charge in [0.1, 0.15) is 11.4 Å². The van der Waals surface area contributed by atoms with Crippen molar-refractivity contribution >= 4 is 22.7 Å². The van der Waals surface area contributed by atoms with E-state index in [1.165, 1.54) is 0 Å². The normalized spacial score (nSPS) is 14.6. The first-order valence-electron chi connectivity index (χ1n) is 6.60. The van der Waals surface area contributed by atoms with Crippen LogP contribution in [0.5, 0.6) is 0 Å². The minimum atomic E-state index is -0.910. The molecule has 2 aromatic rings. The molecular formula is C15H16N2O2. The second-order valence-corrected chi connectivity index (χ2v) is 4.87. The van der Waals surface area contributed by atoms with E-state index in [1.807, 2.05) is 31.2 Å². The Bertz CT molecular complexity index is 635. The molecule has 1 saturated carbocycles. The summed E-state index contributed by atoms with van der Waals surface area (Å²) >= 11 is 0. The third-order valence-corrected chi connectivity index (χ3v) is 3.53. The van der Waals surface area contributed by atoms with Crippen LogP contribution >= 0.6 is 0 Å². The Balaban J connectivity index is 2.19. The van der Waals surface area contributed by atoms with Gasteiger partial charge < -0.3 is 10.0 Å². The smallest absolute Gasteiger partial charge is 0.339 e. The number of fused-ring (bicyclic) bond motifs is 1. The Hall–Kier alpha value is -2.10. The summed E-state index contributed by atoms with van der Waals surface area (Å²) in [5.41, 5.74) is 1.15. The van der Waals surface area contributed by atoms with Gasteiger partial charge in [0.25, 0.3) is 0 Å². The number of rotatable bonds is 4. The van der Waals surface area contributed by atoms with Gasteiger partial charge in [0.2, 0.25) is 0 Å². The number of carbonyl (C=O) groups is 1. The van der Waals surface area contributed by atoms with Crippen LogP contribution in [0.2, 0.25) is 0 Å². The van der Waals surface area contributed by atoms with Crippen molar-refractivity contribution in [3.8, 4) is 0 Å². The first-order chi connectivity index (χ1) is 9.20. The minimum Gasteiger partial charge on any atom is -0.478 e. The summed E-state index contributed by atoms with van der Waals surface area (Å²) in [6.45, 7) is 2.83. The summed E-state index contributed by atoms with van der Waals surface area (Å²) in [5.74, 6) is -0.302. The minimum absolute atomic E-state index is 0.299. The number of aromatic carboxylic acids is 1. The van der Waals surface area contributed by atoms with Crippen LogP contribution in [0.3, 0.4) is 0 Å². The number of nitrogens with zero attached hydrogens (tertiary/aromatic N) is 2. The molecule has 1 fully saturated rings. The Morgan fingerprint density at radius 3 is 2.79 bits per heavy atom. The highest BCUT2D eigenvalue weighted by Crippen LogP contribution is 2.33. The van der Waals surface area contributed by atoms with Crippen molar-refractivity contribution in [2.24, 2.45) is 0 Å². The summed E-state index contributed by atoms with van der Waals surface area (Å²) in [4.78, 5) is 18.1. The maximum absolute atomic E-state index is 11.5. The Morgan fingerprint density at radius 1 is 1.42 bits per heavy atom. The number of benzene rings is 1. The number of para-hydroxylation sites is 1. The van der Waals surface area contributed by atoms with Crippen molar-refractivity contribution in [1.82, 2.24) is 4.98 Å². The summed E-state index contributed by atoms with van der Waals surface area (Å²) in [5, 5.41) is 10.3. The molecule has 0 bridgehead atoms. The van der Waals surface area contributed by atoms with Crippen LogP contribution in [0.15, 0.2) is 30.3 Å². The number of carboxylic acids is 1. The molecule has 0 unspecified atom stereocenters. The van der Waals surface area contributed by atoms with Gasteiger partial charge in [-0.15, -0.1) is 0 Å². The molecule has 3 rings (SSSR count). The predicted molar refractivity (Wildman–Crippen MR) is 74.7 cm³/mol. The zero-order valence-corrected chi connectivity index (χ0v) is 10.8. The Kier molecular flexibility index (Phi) is 2.85. The molecule has 1 N–H and O–H groups in total. The molecule has 4 heteroatoms. The summed E-state index contributed by atoms with van der Waals surface area (Å²) < 4.78 is 0. The molecule has 0 radical (unpaired) electrons. The van der Waals surface area contributed by atoms with Crippen molar-refractivity contribution in [3.63, 3.8) is 0 Å². The zero-order chi connectivity index (χ0) is 13.4.